The maximum Gasteiger partial charge on any atom is 0.240 e. The molecule has 0 spiro atoms. The second-order valence-electron chi connectivity index (χ2n) is 4.78. The predicted molar refractivity (Wildman–Crippen MR) is 80.6 cm³/mol. The molecule has 0 radical (unpaired) electrons. The molecule has 5 nitrogen and oxygen atoms in total. The van der Waals surface area contributed by atoms with E-state index in [0.29, 0.717) is 24.9 Å². The van der Waals surface area contributed by atoms with Crippen LogP contribution in [0, 0.1) is 0 Å². The second kappa shape index (κ2) is 8.24. The lowest BCUT2D eigenvalue weighted by Crippen LogP contribution is -2.24. The number of rotatable bonds is 9. The smallest absolute Gasteiger partial charge is 0.240 e. The van der Waals surface area contributed by atoms with Crippen LogP contribution in [-0.4, -0.2) is 34.2 Å². The van der Waals surface area contributed by atoms with Crippen LogP contribution in [0.4, 0.5) is 0 Å². The van der Waals surface area contributed by atoms with Gasteiger partial charge in [0.1, 0.15) is 5.75 Å². The average molecular weight is 300 g/mol. The van der Waals surface area contributed by atoms with Gasteiger partial charge in [0.2, 0.25) is 10.0 Å². The molecule has 0 aromatic heterocycles. The lowest BCUT2D eigenvalue weighted by molar-refractivity contribution is 0.306. The van der Waals surface area contributed by atoms with Crippen molar-refractivity contribution in [1.29, 1.82) is 0 Å². The highest BCUT2D eigenvalue weighted by Crippen LogP contribution is 2.15. The van der Waals surface area contributed by atoms with Gasteiger partial charge < -0.3 is 10.1 Å². The highest BCUT2D eigenvalue weighted by atomic mass is 32.2. The summed E-state index contributed by atoms with van der Waals surface area (Å²) < 4.78 is 31.5. The molecule has 0 fully saturated rings. The van der Waals surface area contributed by atoms with Crippen molar-refractivity contribution in [2.24, 2.45) is 0 Å². The van der Waals surface area contributed by atoms with Crippen molar-refractivity contribution in [3.63, 3.8) is 0 Å². The maximum absolute atomic E-state index is 11.7. The zero-order chi connectivity index (χ0) is 15.0. The van der Waals surface area contributed by atoms with Crippen molar-refractivity contribution in [2.75, 3.05) is 19.7 Å². The summed E-state index contributed by atoms with van der Waals surface area (Å²) in [7, 11) is -3.38. The molecule has 0 heterocycles. The Labute approximate surface area is 121 Å². The largest absolute Gasteiger partial charge is 0.494 e. The highest BCUT2D eigenvalue weighted by Gasteiger charge is 2.11. The summed E-state index contributed by atoms with van der Waals surface area (Å²) in [6.07, 6.45) is 0.912. The molecule has 1 aromatic carbocycles. The molecule has 1 aromatic rings. The fourth-order valence-electron chi connectivity index (χ4n) is 1.64. The van der Waals surface area contributed by atoms with Crippen LogP contribution in [0.2, 0.25) is 0 Å². The number of sulfonamides is 1. The van der Waals surface area contributed by atoms with Crippen molar-refractivity contribution >= 4 is 10.0 Å². The minimum Gasteiger partial charge on any atom is -0.494 e. The summed E-state index contributed by atoms with van der Waals surface area (Å²) >= 11 is 0. The Kier molecular flexibility index (Phi) is 6.98. The molecule has 2 N–H and O–H groups in total. The number of benzene rings is 1. The molecule has 0 saturated carbocycles. The van der Waals surface area contributed by atoms with Gasteiger partial charge in [0.25, 0.3) is 0 Å². The quantitative estimate of drug-likeness (QED) is 0.682. The van der Waals surface area contributed by atoms with Gasteiger partial charge in [0.15, 0.2) is 0 Å². The standard InChI is InChI=1S/C14H24N2O3S/c1-4-16-20(17,18)14-8-6-13(7-9-14)19-11-5-10-15-12(2)3/h6-9,12,15-16H,4-5,10-11H2,1-3H3. The molecule has 0 unspecified atom stereocenters. The van der Waals surface area contributed by atoms with Gasteiger partial charge in [-0.15, -0.1) is 0 Å². The summed E-state index contributed by atoms with van der Waals surface area (Å²) in [6.45, 7) is 7.85. The molecule has 0 aliphatic rings. The van der Waals surface area contributed by atoms with Gasteiger partial charge in [-0.3, -0.25) is 0 Å². The van der Waals surface area contributed by atoms with Crippen molar-refractivity contribution in [3.8, 4) is 5.75 Å². The number of ether oxygens (including phenoxy) is 1. The zero-order valence-corrected chi connectivity index (χ0v) is 13.2. The molecule has 20 heavy (non-hydrogen) atoms. The first-order valence-corrected chi connectivity index (χ1v) is 8.40. The Morgan fingerprint density at radius 1 is 1.20 bits per heavy atom. The fourth-order valence-corrected chi connectivity index (χ4v) is 2.68. The summed E-state index contributed by atoms with van der Waals surface area (Å²) in [5.41, 5.74) is 0. The van der Waals surface area contributed by atoms with E-state index in [1.807, 2.05) is 0 Å². The molecule has 0 amide bonds. The van der Waals surface area contributed by atoms with E-state index in [9.17, 15) is 8.42 Å². The van der Waals surface area contributed by atoms with Gasteiger partial charge in [-0.25, -0.2) is 13.1 Å². The Morgan fingerprint density at radius 2 is 1.85 bits per heavy atom. The monoisotopic (exact) mass is 300 g/mol. The summed E-state index contributed by atoms with van der Waals surface area (Å²) in [5.74, 6) is 0.685. The summed E-state index contributed by atoms with van der Waals surface area (Å²) in [6, 6.07) is 6.95. The van der Waals surface area contributed by atoms with Crippen LogP contribution in [0.15, 0.2) is 29.2 Å². The highest BCUT2D eigenvalue weighted by molar-refractivity contribution is 7.89. The molecule has 0 aliphatic carbocycles. The number of hydrogen-bond donors (Lipinski definition) is 2. The first-order chi connectivity index (χ1) is 9.45. The minimum absolute atomic E-state index is 0.258. The van der Waals surface area contributed by atoms with Gasteiger partial charge in [0, 0.05) is 12.6 Å². The van der Waals surface area contributed by atoms with Crippen molar-refractivity contribution in [2.45, 2.75) is 38.1 Å². The van der Waals surface area contributed by atoms with Gasteiger partial charge in [-0.1, -0.05) is 20.8 Å². The van der Waals surface area contributed by atoms with Gasteiger partial charge in [0.05, 0.1) is 11.5 Å². The van der Waals surface area contributed by atoms with Crippen molar-refractivity contribution < 1.29 is 13.2 Å². The second-order valence-corrected chi connectivity index (χ2v) is 6.55. The molecule has 0 bridgehead atoms. The van der Waals surface area contributed by atoms with E-state index in [-0.39, 0.29) is 4.90 Å². The van der Waals surface area contributed by atoms with E-state index in [1.54, 1.807) is 31.2 Å². The van der Waals surface area contributed by atoms with Crippen LogP contribution in [0.25, 0.3) is 0 Å². The van der Waals surface area contributed by atoms with E-state index >= 15 is 0 Å². The minimum atomic E-state index is -3.38. The molecule has 1 rings (SSSR count). The van der Waals surface area contributed by atoms with Crippen LogP contribution >= 0.6 is 0 Å². The molecule has 0 saturated heterocycles. The van der Waals surface area contributed by atoms with E-state index in [1.165, 1.54) is 0 Å². The van der Waals surface area contributed by atoms with Crippen LogP contribution in [0.3, 0.4) is 0 Å². The molecular formula is C14H24N2O3S. The lowest BCUT2D eigenvalue weighted by atomic mass is 10.3. The normalized spacial score (nSPS) is 11.8. The van der Waals surface area contributed by atoms with Gasteiger partial charge in [-0.05, 0) is 37.2 Å². The predicted octanol–water partition coefficient (Wildman–Crippen LogP) is 1.75. The Balaban J connectivity index is 2.43. The third-order valence-electron chi connectivity index (χ3n) is 2.61. The van der Waals surface area contributed by atoms with Crippen molar-refractivity contribution in [3.05, 3.63) is 24.3 Å². The molecule has 6 heteroatoms. The fraction of sp³-hybridized carbons (Fsp3) is 0.571. The first-order valence-electron chi connectivity index (χ1n) is 6.91. The first kappa shape index (κ1) is 16.9. The molecule has 0 atom stereocenters. The number of hydrogen-bond acceptors (Lipinski definition) is 4. The van der Waals surface area contributed by atoms with E-state index < -0.39 is 10.0 Å². The molecule has 114 valence electrons. The van der Waals surface area contributed by atoms with E-state index in [0.717, 1.165) is 13.0 Å². The summed E-state index contributed by atoms with van der Waals surface area (Å²) in [4.78, 5) is 0.258. The maximum atomic E-state index is 11.7. The molecule has 0 aliphatic heterocycles. The zero-order valence-electron chi connectivity index (χ0n) is 12.3. The Morgan fingerprint density at radius 3 is 2.40 bits per heavy atom. The summed E-state index contributed by atoms with van der Waals surface area (Å²) in [5, 5.41) is 3.31. The van der Waals surface area contributed by atoms with E-state index in [4.69, 9.17) is 4.74 Å². The third kappa shape index (κ3) is 5.90. The third-order valence-corrected chi connectivity index (χ3v) is 4.17. The van der Waals surface area contributed by atoms with Gasteiger partial charge >= 0.3 is 0 Å². The van der Waals surface area contributed by atoms with E-state index in [2.05, 4.69) is 23.9 Å². The topological polar surface area (TPSA) is 67.4 Å². The molecular weight excluding hydrogens is 276 g/mol. The van der Waals surface area contributed by atoms with Crippen LogP contribution in [-0.2, 0) is 10.0 Å². The van der Waals surface area contributed by atoms with Crippen LogP contribution in [0.1, 0.15) is 27.2 Å². The lowest BCUT2D eigenvalue weighted by Gasteiger charge is -2.10. The van der Waals surface area contributed by atoms with Crippen LogP contribution < -0.4 is 14.8 Å². The Bertz CT molecular complexity index is 484. The number of nitrogens with one attached hydrogen (secondary N) is 2. The SMILES string of the molecule is CCNS(=O)(=O)c1ccc(OCCCNC(C)C)cc1. The van der Waals surface area contributed by atoms with Crippen molar-refractivity contribution in [1.82, 2.24) is 10.0 Å². The Hall–Kier alpha value is -1.11. The average Bonchev–Trinajstić information content (AvgIpc) is 2.38. The van der Waals surface area contributed by atoms with Crippen LogP contribution in [0.5, 0.6) is 5.75 Å². The van der Waals surface area contributed by atoms with Gasteiger partial charge in [-0.2, -0.15) is 0 Å².